The van der Waals surface area contributed by atoms with Crippen LogP contribution in [-0.4, -0.2) is 0 Å². The first-order chi connectivity index (χ1) is 12.4. The fraction of sp³-hybridized carbons (Fsp3) is 0.308. The van der Waals surface area contributed by atoms with Gasteiger partial charge in [0.2, 0.25) is 0 Å². The van der Waals surface area contributed by atoms with Crippen LogP contribution in [0.4, 0.5) is 0 Å². The molecule has 0 amide bonds. The normalized spacial score (nSPS) is 11.4. The Morgan fingerprint density at radius 1 is 0.462 bits per heavy atom. The van der Waals surface area contributed by atoms with Crippen molar-refractivity contribution in [2.75, 3.05) is 0 Å². The first-order valence-electron chi connectivity index (χ1n) is 9.69. The molecular formula is C26H30. The van der Waals surface area contributed by atoms with Crippen molar-refractivity contribution in [3.63, 3.8) is 0 Å². The van der Waals surface area contributed by atoms with Gasteiger partial charge in [-0.2, -0.15) is 0 Å². The number of benzene rings is 3. The van der Waals surface area contributed by atoms with Crippen molar-refractivity contribution >= 4 is 0 Å². The molecule has 0 heteroatoms. The van der Waals surface area contributed by atoms with E-state index in [0.29, 0.717) is 11.8 Å². The lowest BCUT2D eigenvalue weighted by Crippen LogP contribution is -2.01. The smallest absolute Gasteiger partial charge is 0.00678 e. The fourth-order valence-electron chi connectivity index (χ4n) is 3.66. The molecule has 0 N–H and O–H groups in total. The minimum Gasteiger partial charge on any atom is -0.0587 e. The number of hydrogen-bond acceptors (Lipinski definition) is 0. The van der Waals surface area contributed by atoms with Crippen LogP contribution in [0.5, 0.6) is 0 Å². The molecule has 0 aromatic heterocycles. The Labute approximate surface area is 158 Å². The quantitative estimate of drug-likeness (QED) is 0.452. The molecule has 3 aromatic carbocycles. The molecule has 0 aliphatic carbocycles. The van der Waals surface area contributed by atoms with Crippen molar-refractivity contribution < 1.29 is 0 Å². The van der Waals surface area contributed by atoms with E-state index < -0.39 is 0 Å². The summed E-state index contributed by atoms with van der Waals surface area (Å²) in [4.78, 5) is 0. The van der Waals surface area contributed by atoms with Gasteiger partial charge in [-0.25, -0.2) is 0 Å². The fourth-order valence-corrected chi connectivity index (χ4v) is 3.66. The minimum absolute atomic E-state index is 0.483. The van der Waals surface area contributed by atoms with Gasteiger partial charge in [0.25, 0.3) is 0 Å². The van der Waals surface area contributed by atoms with Gasteiger partial charge >= 0.3 is 0 Å². The molecule has 0 radical (unpaired) electrons. The van der Waals surface area contributed by atoms with E-state index in [0.717, 1.165) is 0 Å². The molecule has 0 aliphatic heterocycles. The summed E-state index contributed by atoms with van der Waals surface area (Å²) in [6, 6.07) is 22.7. The average molecular weight is 343 g/mol. The second-order valence-corrected chi connectivity index (χ2v) is 8.04. The van der Waals surface area contributed by atoms with E-state index in [2.05, 4.69) is 102 Å². The second-order valence-electron chi connectivity index (χ2n) is 8.04. The van der Waals surface area contributed by atoms with Crippen molar-refractivity contribution in [2.24, 2.45) is 0 Å². The maximum Gasteiger partial charge on any atom is -0.00678 e. The van der Waals surface area contributed by atoms with E-state index >= 15 is 0 Å². The third-order valence-corrected chi connectivity index (χ3v) is 5.19. The largest absolute Gasteiger partial charge is 0.0587 e. The zero-order valence-electron chi connectivity index (χ0n) is 16.9. The van der Waals surface area contributed by atoms with E-state index in [9.17, 15) is 0 Å². The third-order valence-electron chi connectivity index (χ3n) is 5.19. The van der Waals surface area contributed by atoms with Crippen LogP contribution in [0.25, 0.3) is 22.3 Å². The number of hydrogen-bond donors (Lipinski definition) is 0. The summed E-state index contributed by atoms with van der Waals surface area (Å²) >= 11 is 0. The lowest BCUT2D eigenvalue weighted by atomic mass is 9.81. The van der Waals surface area contributed by atoms with Gasteiger partial charge in [-0.05, 0) is 59.1 Å². The molecule has 0 unspecified atom stereocenters. The molecule has 3 rings (SSSR count). The van der Waals surface area contributed by atoms with Crippen LogP contribution in [-0.2, 0) is 0 Å². The minimum atomic E-state index is 0.483. The molecule has 3 aromatic rings. The Morgan fingerprint density at radius 2 is 0.769 bits per heavy atom. The number of rotatable bonds is 4. The van der Waals surface area contributed by atoms with E-state index in [1.807, 2.05) is 0 Å². The van der Waals surface area contributed by atoms with Gasteiger partial charge in [0.15, 0.2) is 0 Å². The van der Waals surface area contributed by atoms with Crippen LogP contribution >= 0.6 is 0 Å². The lowest BCUT2D eigenvalue weighted by Gasteiger charge is -2.23. The highest BCUT2D eigenvalue weighted by Crippen LogP contribution is 2.42. The van der Waals surface area contributed by atoms with Gasteiger partial charge in [-0.15, -0.1) is 0 Å². The lowest BCUT2D eigenvalue weighted by molar-refractivity contribution is 0.849. The predicted octanol–water partition coefficient (Wildman–Crippen LogP) is 7.88. The summed E-state index contributed by atoms with van der Waals surface area (Å²) < 4.78 is 0. The Morgan fingerprint density at radius 3 is 1.04 bits per heavy atom. The molecule has 0 saturated carbocycles. The van der Waals surface area contributed by atoms with Gasteiger partial charge in [-0.3, -0.25) is 0 Å². The highest BCUT2D eigenvalue weighted by molar-refractivity contribution is 5.88. The van der Waals surface area contributed by atoms with Crippen molar-refractivity contribution in [2.45, 2.75) is 53.4 Å². The highest BCUT2D eigenvalue weighted by atomic mass is 14.2. The summed E-state index contributed by atoms with van der Waals surface area (Å²) in [5, 5.41) is 0. The molecule has 0 bridgehead atoms. The number of aryl methyl sites for hydroxylation is 2. The Hall–Kier alpha value is -2.34. The van der Waals surface area contributed by atoms with Gasteiger partial charge in [-0.1, -0.05) is 99.5 Å². The molecule has 0 aliphatic rings. The van der Waals surface area contributed by atoms with E-state index in [1.165, 1.54) is 44.5 Å². The van der Waals surface area contributed by atoms with Crippen LogP contribution in [0.2, 0.25) is 0 Å². The molecule has 134 valence electrons. The van der Waals surface area contributed by atoms with E-state index in [4.69, 9.17) is 0 Å². The predicted molar refractivity (Wildman–Crippen MR) is 115 cm³/mol. The van der Waals surface area contributed by atoms with Gasteiger partial charge in [0.05, 0.1) is 0 Å². The van der Waals surface area contributed by atoms with Crippen LogP contribution < -0.4 is 0 Å². The summed E-state index contributed by atoms with van der Waals surface area (Å²) in [5.41, 5.74) is 10.9. The highest BCUT2D eigenvalue weighted by Gasteiger charge is 2.19. The van der Waals surface area contributed by atoms with E-state index in [1.54, 1.807) is 0 Å². The summed E-state index contributed by atoms with van der Waals surface area (Å²) in [7, 11) is 0. The van der Waals surface area contributed by atoms with E-state index in [-0.39, 0.29) is 0 Å². The van der Waals surface area contributed by atoms with Gasteiger partial charge in [0, 0.05) is 0 Å². The summed E-state index contributed by atoms with van der Waals surface area (Å²) in [6.07, 6.45) is 0. The first kappa shape index (κ1) is 18.5. The van der Waals surface area contributed by atoms with Crippen molar-refractivity contribution in [1.82, 2.24) is 0 Å². The van der Waals surface area contributed by atoms with Crippen LogP contribution in [0.3, 0.4) is 0 Å². The Kier molecular flexibility index (Phi) is 5.32. The summed E-state index contributed by atoms with van der Waals surface area (Å²) in [6.45, 7) is 13.5. The van der Waals surface area contributed by atoms with Crippen molar-refractivity contribution in [3.8, 4) is 22.3 Å². The maximum absolute atomic E-state index is 2.34. The third kappa shape index (κ3) is 3.60. The molecule has 0 nitrogen and oxygen atoms in total. The Bertz CT molecular complexity index is 802. The second kappa shape index (κ2) is 7.50. The van der Waals surface area contributed by atoms with Gasteiger partial charge < -0.3 is 0 Å². The molecule has 0 atom stereocenters. The SMILES string of the molecule is Cc1ccc(-c2c(C(C)C)ccc(C(C)C)c2-c2ccc(C)cc2)cc1. The van der Waals surface area contributed by atoms with Gasteiger partial charge in [0.1, 0.15) is 0 Å². The Balaban J connectivity index is 2.39. The maximum atomic E-state index is 2.34. The molecule has 0 saturated heterocycles. The zero-order valence-corrected chi connectivity index (χ0v) is 16.9. The topological polar surface area (TPSA) is 0 Å². The van der Waals surface area contributed by atoms with Crippen LogP contribution in [0.15, 0.2) is 60.7 Å². The molecule has 0 spiro atoms. The van der Waals surface area contributed by atoms with Crippen molar-refractivity contribution in [1.29, 1.82) is 0 Å². The average Bonchev–Trinajstić information content (AvgIpc) is 2.61. The first-order valence-corrected chi connectivity index (χ1v) is 9.69. The molecule has 26 heavy (non-hydrogen) atoms. The van der Waals surface area contributed by atoms with Crippen molar-refractivity contribution in [3.05, 3.63) is 82.9 Å². The molecular weight excluding hydrogens is 312 g/mol. The zero-order chi connectivity index (χ0) is 18.8. The summed E-state index contributed by atoms with van der Waals surface area (Å²) in [5.74, 6) is 0.966. The molecule has 0 fully saturated rings. The standard InChI is InChI=1S/C26H30/c1-17(2)23-15-16-24(18(3)4)26(22-13-9-20(6)10-14-22)25(23)21-11-7-19(5)8-12-21/h7-18H,1-6H3. The molecule has 0 heterocycles. The monoisotopic (exact) mass is 342 g/mol. The van der Waals surface area contributed by atoms with Crippen LogP contribution in [0, 0.1) is 13.8 Å². The van der Waals surface area contributed by atoms with Crippen LogP contribution in [0.1, 0.15) is 61.8 Å².